The highest BCUT2D eigenvalue weighted by Crippen LogP contribution is 2.36. The minimum Gasteiger partial charge on any atom is -0.493 e. The molecule has 0 saturated carbocycles. The van der Waals surface area contributed by atoms with Gasteiger partial charge in [0, 0.05) is 17.6 Å². The molecule has 1 amide bonds. The third-order valence-corrected chi connectivity index (χ3v) is 5.26. The van der Waals surface area contributed by atoms with Gasteiger partial charge in [-0.05, 0) is 24.7 Å². The van der Waals surface area contributed by atoms with Crippen molar-refractivity contribution < 1.29 is 28.0 Å². The van der Waals surface area contributed by atoms with Crippen molar-refractivity contribution in [1.82, 2.24) is 10.2 Å². The summed E-state index contributed by atoms with van der Waals surface area (Å²) in [7, 11) is 1.18. The van der Waals surface area contributed by atoms with Gasteiger partial charge in [0.2, 0.25) is 0 Å². The molecule has 32 heavy (non-hydrogen) atoms. The van der Waals surface area contributed by atoms with Gasteiger partial charge in [0.1, 0.15) is 5.56 Å². The van der Waals surface area contributed by atoms with Crippen LogP contribution in [0.5, 0.6) is 11.5 Å². The van der Waals surface area contributed by atoms with E-state index in [1.807, 2.05) is 26.0 Å². The van der Waals surface area contributed by atoms with Crippen LogP contribution in [0.3, 0.4) is 0 Å². The van der Waals surface area contributed by atoms with Gasteiger partial charge < -0.3 is 14.8 Å². The lowest BCUT2D eigenvalue weighted by Gasteiger charge is -2.31. The Kier molecular flexibility index (Phi) is 9.15. The lowest BCUT2D eigenvalue weighted by Crippen LogP contribution is -2.38. The standard InChI is InChI=1S/C21H24ClF2N3O5/c1-4-26(5-2)17(13-8-6-7-9-15(13)22)12-25-20(28)14-10-18(31-3)19(32-21(23)24)11-16(14)27(29)30/h6-11,17,21H,4-5,12H2,1-3H3,(H,25,28). The summed E-state index contributed by atoms with van der Waals surface area (Å²) in [5.74, 6) is -1.53. The summed E-state index contributed by atoms with van der Waals surface area (Å²) < 4.78 is 34.5. The summed E-state index contributed by atoms with van der Waals surface area (Å²) in [5, 5.41) is 14.7. The second-order valence-corrected chi connectivity index (χ2v) is 7.03. The number of carbonyl (C=O) groups excluding carboxylic acids is 1. The summed E-state index contributed by atoms with van der Waals surface area (Å²) in [6, 6.07) is 8.68. The number of halogens is 3. The molecular formula is C21H24ClF2N3O5. The molecule has 2 rings (SSSR count). The van der Waals surface area contributed by atoms with Gasteiger partial charge in [0.25, 0.3) is 11.6 Å². The van der Waals surface area contributed by atoms with Crippen LogP contribution < -0.4 is 14.8 Å². The van der Waals surface area contributed by atoms with E-state index in [1.165, 1.54) is 7.11 Å². The van der Waals surface area contributed by atoms with Crippen molar-refractivity contribution in [1.29, 1.82) is 0 Å². The first kappa shape index (κ1) is 25.3. The number of alkyl halides is 2. The minimum absolute atomic E-state index is 0.110. The van der Waals surface area contributed by atoms with Crippen LogP contribution in [0.15, 0.2) is 36.4 Å². The molecule has 0 aromatic heterocycles. The average Bonchev–Trinajstić information content (AvgIpc) is 2.76. The zero-order chi connectivity index (χ0) is 23.8. The molecule has 0 radical (unpaired) electrons. The summed E-state index contributed by atoms with van der Waals surface area (Å²) in [5.41, 5.74) is -0.229. The molecule has 0 spiro atoms. The topological polar surface area (TPSA) is 93.9 Å². The van der Waals surface area contributed by atoms with E-state index in [0.29, 0.717) is 18.1 Å². The molecule has 0 aliphatic carbocycles. The van der Waals surface area contributed by atoms with Crippen LogP contribution in [0.25, 0.3) is 0 Å². The molecule has 11 heteroatoms. The molecule has 2 aromatic rings. The van der Waals surface area contributed by atoms with E-state index < -0.39 is 28.9 Å². The van der Waals surface area contributed by atoms with Crippen LogP contribution in [0, 0.1) is 10.1 Å². The van der Waals surface area contributed by atoms with Gasteiger partial charge in [-0.25, -0.2) is 0 Å². The molecule has 0 saturated heterocycles. The molecular weight excluding hydrogens is 448 g/mol. The zero-order valence-corrected chi connectivity index (χ0v) is 18.6. The molecule has 0 aliphatic heterocycles. The number of hydrogen-bond donors (Lipinski definition) is 1. The van der Waals surface area contributed by atoms with Crippen LogP contribution >= 0.6 is 11.6 Å². The summed E-state index contributed by atoms with van der Waals surface area (Å²) in [4.78, 5) is 25.6. The normalized spacial score (nSPS) is 12.0. The van der Waals surface area contributed by atoms with E-state index in [4.69, 9.17) is 16.3 Å². The molecule has 0 bridgehead atoms. The largest absolute Gasteiger partial charge is 0.493 e. The van der Waals surface area contributed by atoms with Gasteiger partial charge in [0.15, 0.2) is 11.5 Å². The van der Waals surface area contributed by atoms with Crippen molar-refractivity contribution in [2.24, 2.45) is 0 Å². The summed E-state index contributed by atoms with van der Waals surface area (Å²) >= 11 is 6.35. The number of ether oxygens (including phenoxy) is 2. The van der Waals surface area contributed by atoms with Gasteiger partial charge in [-0.3, -0.25) is 19.8 Å². The summed E-state index contributed by atoms with van der Waals surface area (Å²) in [6.07, 6.45) is 0. The number of rotatable bonds is 11. The number of nitrogens with zero attached hydrogens (tertiary/aromatic N) is 2. The second-order valence-electron chi connectivity index (χ2n) is 6.62. The predicted molar refractivity (Wildman–Crippen MR) is 116 cm³/mol. The first-order valence-electron chi connectivity index (χ1n) is 9.81. The Bertz CT molecular complexity index is 957. The average molecular weight is 472 g/mol. The number of likely N-dealkylation sites (N-methyl/N-ethyl adjacent to an activating group) is 1. The van der Waals surface area contributed by atoms with Crippen molar-refractivity contribution in [2.75, 3.05) is 26.7 Å². The van der Waals surface area contributed by atoms with Crippen LogP contribution in [0.4, 0.5) is 14.5 Å². The number of hydrogen-bond acceptors (Lipinski definition) is 6. The monoisotopic (exact) mass is 471 g/mol. The van der Waals surface area contributed by atoms with E-state index in [1.54, 1.807) is 12.1 Å². The Labute approximate surface area is 189 Å². The van der Waals surface area contributed by atoms with E-state index in [9.17, 15) is 23.7 Å². The molecule has 1 atom stereocenters. The van der Waals surface area contributed by atoms with Crippen molar-refractivity contribution in [2.45, 2.75) is 26.5 Å². The van der Waals surface area contributed by atoms with Crippen molar-refractivity contribution in [3.63, 3.8) is 0 Å². The first-order valence-corrected chi connectivity index (χ1v) is 10.2. The highest BCUT2D eigenvalue weighted by Gasteiger charge is 2.27. The predicted octanol–water partition coefficient (Wildman–Crippen LogP) is 4.67. The van der Waals surface area contributed by atoms with E-state index in [-0.39, 0.29) is 23.9 Å². The molecule has 0 heterocycles. The van der Waals surface area contributed by atoms with Crippen LogP contribution in [0.2, 0.25) is 5.02 Å². The van der Waals surface area contributed by atoms with Gasteiger partial charge in [-0.15, -0.1) is 0 Å². The fourth-order valence-corrected chi connectivity index (χ4v) is 3.62. The highest BCUT2D eigenvalue weighted by atomic mass is 35.5. The Balaban J connectivity index is 2.37. The van der Waals surface area contributed by atoms with Crippen molar-refractivity contribution in [3.05, 3.63) is 62.7 Å². The Morgan fingerprint density at radius 1 is 1.22 bits per heavy atom. The Hall–Kier alpha value is -2.98. The molecule has 1 unspecified atom stereocenters. The number of carbonyl (C=O) groups is 1. The third-order valence-electron chi connectivity index (χ3n) is 4.91. The maximum absolute atomic E-state index is 12.9. The summed E-state index contributed by atoms with van der Waals surface area (Å²) in [6.45, 7) is 2.18. The lowest BCUT2D eigenvalue weighted by atomic mass is 10.0. The molecule has 8 nitrogen and oxygen atoms in total. The van der Waals surface area contributed by atoms with Crippen LogP contribution in [-0.4, -0.2) is 49.1 Å². The second kappa shape index (κ2) is 11.6. The van der Waals surface area contributed by atoms with E-state index in [0.717, 1.165) is 17.7 Å². The van der Waals surface area contributed by atoms with Gasteiger partial charge in [-0.1, -0.05) is 43.6 Å². The van der Waals surface area contributed by atoms with Crippen molar-refractivity contribution in [3.8, 4) is 11.5 Å². The quantitative estimate of drug-likeness (QED) is 0.378. The number of amides is 1. The fraction of sp³-hybridized carbons (Fsp3) is 0.381. The Morgan fingerprint density at radius 3 is 2.41 bits per heavy atom. The molecule has 2 aromatic carbocycles. The van der Waals surface area contributed by atoms with Crippen LogP contribution in [-0.2, 0) is 0 Å². The maximum Gasteiger partial charge on any atom is 0.387 e. The van der Waals surface area contributed by atoms with E-state index >= 15 is 0 Å². The minimum atomic E-state index is -3.21. The number of nitro groups is 1. The van der Waals surface area contributed by atoms with Gasteiger partial charge in [-0.2, -0.15) is 8.78 Å². The number of nitro benzene ring substituents is 1. The Morgan fingerprint density at radius 2 is 1.88 bits per heavy atom. The lowest BCUT2D eigenvalue weighted by molar-refractivity contribution is -0.385. The first-order chi connectivity index (χ1) is 15.2. The maximum atomic E-state index is 12.9. The molecule has 0 fully saturated rings. The number of nitrogens with one attached hydrogen (secondary N) is 1. The van der Waals surface area contributed by atoms with Crippen molar-refractivity contribution >= 4 is 23.2 Å². The molecule has 1 N–H and O–H groups in total. The number of benzene rings is 2. The van der Waals surface area contributed by atoms with Gasteiger partial charge in [0.05, 0.1) is 24.1 Å². The fourth-order valence-electron chi connectivity index (χ4n) is 3.36. The smallest absolute Gasteiger partial charge is 0.387 e. The SMILES string of the molecule is CCN(CC)C(CNC(=O)c1cc(OC)c(OC(F)F)cc1[N+](=O)[O-])c1ccccc1Cl. The molecule has 174 valence electrons. The zero-order valence-electron chi connectivity index (χ0n) is 17.8. The highest BCUT2D eigenvalue weighted by molar-refractivity contribution is 6.31. The number of methoxy groups -OCH3 is 1. The van der Waals surface area contributed by atoms with Crippen LogP contribution in [0.1, 0.15) is 35.8 Å². The third kappa shape index (κ3) is 6.04. The van der Waals surface area contributed by atoms with Gasteiger partial charge >= 0.3 is 6.61 Å². The van der Waals surface area contributed by atoms with E-state index in [2.05, 4.69) is 15.0 Å². The molecule has 0 aliphatic rings.